The minimum atomic E-state index is -1.10. The number of amidine groups is 1. The van der Waals surface area contributed by atoms with E-state index < -0.39 is 12.1 Å². The molecule has 0 bridgehead atoms. The van der Waals surface area contributed by atoms with Gasteiger partial charge < -0.3 is 16.2 Å². The first-order chi connectivity index (χ1) is 4.16. The van der Waals surface area contributed by atoms with E-state index in [0.29, 0.717) is 0 Å². The average Bonchev–Trinajstić information content (AvgIpc) is 1.63. The molecule has 0 radical (unpaired) electrons. The third-order valence-electron chi connectivity index (χ3n) is 0.385. The van der Waals surface area contributed by atoms with E-state index in [-0.39, 0.29) is 6.41 Å². The van der Waals surface area contributed by atoms with Crippen molar-refractivity contribution in [1.29, 1.82) is 0 Å². The molecule has 0 aliphatic carbocycles. The molecule has 6 nitrogen and oxygen atoms in total. The number of carbonyl (C=O) groups excluding carboxylic acids is 2. The van der Waals surface area contributed by atoms with Gasteiger partial charge in [0.05, 0.1) is 0 Å². The standard InChI is InChI=1S/C3H5N3O3/c4-2(6-1-7)9-3(5)8/h1H,(H2,5,8)(H2,4,6,7). The van der Waals surface area contributed by atoms with Crippen molar-refractivity contribution in [1.82, 2.24) is 0 Å². The van der Waals surface area contributed by atoms with Gasteiger partial charge in [-0.25, -0.2) is 4.79 Å². The molecular formula is C3H5N3O3. The van der Waals surface area contributed by atoms with Crippen LogP contribution in [-0.2, 0) is 9.53 Å². The van der Waals surface area contributed by atoms with Crippen molar-refractivity contribution in [2.24, 2.45) is 16.5 Å². The molecule has 0 rings (SSSR count). The normalized spacial score (nSPS) is 10.4. The minimum absolute atomic E-state index is 0.137. The number of primary amides is 1. The van der Waals surface area contributed by atoms with Crippen LogP contribution in [-0.4, -0.2) is 18.5 Å². The van der Waals surface area contributed by atoms with Crippen LogP contribution in [0.25, 0.3) is 0 Å². The first-order valence-electron chi connectivity index (χ1n) is 1.91. The zero-order valence-electron chi connectivity index (χ0n) is 4.40. The summed E-state index contributed by atoms with van der Waals surface area (Å²) in [6.45, 7) is 0. The Balaban J connectivity index is 3.75. The second kappa shape index (κ2) is 3.42. The van der Waals surface area contributed by atoms with E-state index in [2.05, 4.69) is 15.5 Å². The van der Waals surface area contributed by atoms with Gasteiger partial charge in [-0.1, -0.05) is 0 Å². The molecule has 4 N–H and O–H groups in total. The maximum atomic E-state index is 9.81. The van der Waals surface area contributed by atoms with E-state index in [1.54, 1.807) is 0 Å². The summed E-state index contributed by atoms with van der Waals surface area (Å²) >= 11 is 0. The topological polar surface area (TPSA) is 108 Å². The molecule has 0 unspecified atom stereocenters. The number of nitrogens with zero attached hydrogens (tertiary/aromatic N) is 1. The lowest BCUT2D eigenvalue weighted by atomic mass is 11.1. The SMILES string of the molecule is NC(=O)OC(N)=NC=O. The van der Waals surface area contributed by atoms with Gasteiger partial charge in [0, 0.05) is 0 Å². The number of hydrogen-bond donors (Lipinski definition) is 2. The van der Waals surface area contributed by atoms with Gasteiger partial charge in [0.25, 0.3) is 6.02 Å². The Labute approximate surface area is 50.5 Å². The number of aliphatic imine (C=N–C) groups is 1. The number of rotatable bonds is 1. The summed E-state index contributed by atoms with van der Waals surface area (Å²) in [5.74, 6) is 0. The minimum Gasteiger partial charge on any atom is -0.376 e. The number of ether oxygens (including phenoxy) is 1. The van der Waals surface area contributed by atoms with Crippen LogP contribution in [0.5, 0.6) is 0 Å². The van der Waals surface area contributed by atoms with Crippen LogP contribution in [0.4, 0.5) is 4.79 Å². The lowest BCUT2D eigenvalue weighted by Gasteiger charge is -1.93. The van der Waals surface area contributed by atoms with Gasteiger partial charge in [0.15, 0.2) is 0 Å². The summed E-state index contributed by atoms with van der Waals surface area (Å²) < 4.78 is 3.93. The Bertz CT molecular complexity index is 152. The Hall–Kier alpha value is -1.59. The van der Waals surface area contributed by atoms with E-state index in [0.717, 1.165) is 0 Å². The Morgan fingerprint density at radius 2 is 2.11 bits per heavy atom. The lowest BCUT2D eigenvalue weighted by molar-refractivity contribution is -0.106. The molecule has 0 aromatic rings. The van der Waals surface area contributed by atoms with E-state index in [1.165, 1.54) is 0 Å². The summed E-state index contributed by atoms with van der Waals surface area (Å²) in [6, 6.07) is -0.558. The fourth-order valence-corrected chi connectivity index (χ4v) is 0.181. The first-order valence-corrected chi connectivity index (χ1v) is 1.91. The number of carbonyl (C=O) groups is 2. The van der Waals surface area contributed by atoms with Gasteiger partial charge in [-0.3, -0.25) is 4.79 Å². The van der Waals surface area contributed by atoms with Crippen LogP contribution in [0.15, 0.2) is 4.99 Å². The van der Waals surface area contributed by atoms with E-state index in [1.807, 2.05) is 0 Å². The molecule has 50 valence electrons. The quantitative estimate of drug-likeness (QED) is 0.258. The summed E-state index contributed by atoms with van der Waals surface area (Å²) in [4.78, 5) is 22.2. The molecule has 0 fully saturated rings. The number of amides is 2. The third-order valence-corrected chi connectivity index (χ3v) is 0.385. The van der Waals surface area contributed by atoms with Gasteiger partial charge in [-0.15, -0.1) is 0 Å². The first kappa shape index (κ1) is 7.41. The molecule has 0 aliphatic rings. The summed E-state index contributed by atoms with van der Waals surface area (Å²) in [5.41, 5.74) is 9.27. The molecule has 6 heteroatoms. The van der Waals surface area contributed by atoms with Crippen LogP contribution in [0, 0.1) is 0 Å². The van der Waals surface area contributed by atoms with Crippen LogP contribution >= 0.6 is 0 Å². The Morgan fingerprint density at radius 1 is 1.56 bits per heavy atom. The maximum Gasteiger partial charge on any atom is 0.412 e. The van der Waals surface area contributed by atoms with Gasteiger partial charge in [-0.2, -0.15) is 4.99 Å². The Kier molecular flexibility index (Phi) is 2.81. The molecule has 0 aromatic carbocycles. The highest BCUT2D eigenvalue weighted by molar-refractivity contribution is 5.88. The number of nitrogens with two attached hydrogens (primary N) is 2. The summed E-state index contributed by atoms with van der Waals surface area (Å²) in [5, 5.41) is 0. The summed E-state index contributed by atoms with van der Waals surface area (Å²) in [6.07, 6.45) is -0.962. The molecule has 9 heavy (non-hydrogen) atoms. The fourth-order valence-electron chi connectivity index (χ4n) is 0.181. The molecule has 0 atom stereocenters. The van der Waals surface area contributed by atoms with Crippen molar-refractivity contribution in [2.45, 2.75) is 0 Å². The van der Waals surface area contributed by atoms with Crippen molar-refractivity contribution in [3.63, 3.8) is 0 Å². The van der Waals surface area contributed by atoms with Crippen LogP contribution in [0.2, 0.25) is 0 Å². The van der Waals surface area contributed by atoms with Gasteiger partial charge in [0.2, 0.25) is 6.41 Å². The lowest BCUT2D eigenvalue weighted by Crippen LogP contribution is -2.24. The molecule has 0 aromatic heterocycles. The fraction of sp³-hybridized carbons (Fsp3) is 0. The largest absolute Gasteiger partial charge is 0.412 e. The van der Waals surface area contributed by atoms with Crippen molar-refractivity contribution in [2.75, 3.05) is 0 Å². The molecule has 0 aliphatic heterocycles. The molecule has 0 saturated carbocycles. The molecule has 0 saturated heterocycles. The highest BCUT2D eigenvalue weighted by Gasteiger charge is 1.95. The van der Waals surface area contributed by atoms with Crippen molar-refractivity contribution >= 4 is 18.5 Å². The van der Waals surface area contributed by atoms with Crippen molar-refractivity contribution in [3.05, 3.63) is 0 Å². The predicted octanol–water partition coefficient (Wildman–Crippen LogP) is -1.45. The molecule has 0 heterocycles. The van der Waals surface area contributed by atoms with Crippen molar-refractivity contribution in [3.8, 4) is 0 Å². The average molecular weight is 131 g/mol. The van der Waals surface area contributed by atoms with E-state index in [9.17, 15) is 9.59 Å². The highest BCUT2D eigenvalue weighted by Crippen LogP contribution is 1.70. The second-order valence-corrected chi connectivity index (χ2v) is 0.994. The molecule has 0 spiro atoms. The van der Waals surface area contributed by atoms with Crippen LogP contribution < -0.4 is 11.5 Å². The smallest absolute Gasteiger partial charge is 0.376 e. The molecule has 2 amide bonds. The van der Waals surface area contributed by atoms with Gasteiger partial charge in [0.1, 0.15) is 0 Å². The zero-order valence-corrected chi connectivity index (χ0v) is 4.40. The Morgan fingerprint density at radius 3 is 2.44 bits per heavy atom. The van der Waals surface area contributed by atoms with E-state index in [4.69, 9.17) is 5.73 Å². The van der Waals surface area contributed by atoms with Gasteiger partial charge in [-0.05, 0) is 0 Å². The highest BCUT2D eigenvalue weighted by atomic mass is 16.6. The van der Waals surface area contributed by atoms with Gasteiger partial charge >= 0.3 is 6.09 Å². The second-order valence-electron chi connectivity index (χ2n) is 0.994. The third kappa shape index (κ3) is 4.26. The number of hydrogen-bond acceptors (Lipinski definition) is 3. The van der Waals surface area contributed by atoms with Crippen molar-refractivity contribution < 1.29 is 14.3 Å². The van der Waals surface area contributed by atoms with Crippen LogP contribution in [0.1, 0.15) is 0 Å². The monoisotopic (exact) mass is 131 g/mol. The van der Waals surface area contributed by atoms with E-state index >= 15 is 0 Å². The molecular weight excluding hydrogens is 126 g/mol. The maximum absolute atomic E-state index is 9.81. The predicted molar refractivity (Wildman–Crippen MR) is 28.4 cm³/mol. The zero-order chi connectivity index (χ0) is 7.28. The van der Waals surface area contributed by atoms with Crippen LogP contribution in [0.3, 0.4) is 0 Å². The summed E-state index contributed by atoms with van der Waals surface area (Å²) in [7, 11) is 0.